The predicted molar refractivity (Wildman–Crippen MR) is 204 cm³/mol. The van der Waals surface area contributed by atoms with E-state index in [4.69, 9.17) is 10.5 Å². The summed E-state index contributed by atoms with van der Waals surface area (Å²) in [4.78, 5) is 28.2. The first-order chi connectivity index (χ1) is 25.2. The minimum absolute atomic E-state index is 0.00498. The third kappa shape index (κ3) is 10.3. The van der Waals surface area contributed by atoms with Crippen LogP contribution < -0.4 is 11.1 Å². The van der Waals surface area contributed by atoms with Gasteiger partial charge in [-0.25, -0.2) is 0 Å². The average Bonchev–Trinajstić information content (AvgIpc) is 3.33. The summed E-state index contributed by atoms with van der Waals surface area (Å²) in [5.74, 6) is 8.84. The van der Waals surface area contributed by atoms with Crippen LogP contribution in [0, 0.1) is 76.9 Å². The normalized spacial score (nSPS) is 40.9. The van der Waals surface area contributed by atoms with Crippen LogP contribution in [-0.4, -0.2) is 71.6 Å². The zero-order valence-corrected chi connectivity index (χ0v) is 32.3. The SMILES string of the molecule is COC1CC2CCC(=O)C(O)C(=O)C3CC(C(CO)CCC4CCCCC4)CC(CC4CCNC(N)C4)CC3C#CC(C3CCCCC3)C2CC1O. The molecular weight excluding hydrogens is 652 g/mol. The van der Waals surface area contributed by atoms with Crippen molar-refractivity contribution in [3.8, 4) is 11.8 Å². The summed E-state index contributed by atoms with van der Waals surface area (Å²) in [6, 6.07) is 0. The van der Waals surface area contributed by atoms with Gasteiger partial charge in [-0.05, 0) is 131 Å². The lowest BCUT2D eigenvalue weighted by Gasteiger charge is -2.44. The molecule has 294 valence electrons. The van der Waals surface area contributed by atoms with Crippen LogP contribution in [0.4, 0.5) is 0 Å². The number of nitrogens with one attached hydrogen (secondary N) is 1. The summed E-state index contributed by atoms with van der Waals surface area (Å²) in [5, 5.41) is 37.1. The van der Waals surface area contributed by atoms with Gasteiger partial charge in [0.15, 0.2) is 17.7 Å². The number of rotatable bonds is 9. The molecule has 13 unspecified atom stereocenters. The van der Waals surface area contributed by atoms with Gasteiger partial charge in [0.25, 0.3) is 0 Å². The molecule has 52 heavy (non-hydrogen) atoms. The molecule has 1 aliphatic heterocycles. The van der Waals surface area contributed by atoms with E-state index in [1.807, 2.05) is 0 Å². The van der Waals surface area contributed by atoms with Crippen LogP contribution in [0.5, 0.6) is 0 Å². The van der Waals surface area contributed by atoms with E-state index in [0.29, 0.717) is 43.4 Å². The number of hydrogen-bond donors (Lipinski definition) is 5. The number of fused-ring (bicyclic) bond motifs is 2. The number of ketones is 2. The summed E-state index contributed by atoms with van der Waals surface area (Å²) in [6.45, 7) is 1.03. The number of Topliss-reactive ketones (excluding diaryl/α,β-unsaturated/α-hetero) is 2. The van der Waals surface area contributed by atoms with Gasteiger partial charge in [0.1, 0.15) is 0 Å². The number of ether oxygens (including phenoxy) is 1. The Kier molecular flexibility index (Phi) is 15.1. The number of nitrogens with two attached hydrogens (primary N) is 1. The maximum Gasteiger partial charge on any atom is 0.173 e. The molecule has 5 aliphatic carbocycles. The molecule has 5 fully saturated rings. The van der Waals surface area contributed by atoms with Gasteiger partial charge in [0.05, 0.1) is 18.4 Å². The maximum atomic E-state index is 14.5. The number of methoxy groups -OCH3 is 1. The molecule has 13 atom stereocenters. The Morgan fingerprint density at radius 1 is 0.827 bits per heavy atom. The molecule has 6 rings (SSSR count). The molecule has 6 aliphatic rings. The van der Waals surface area contributed by atoms with Gasteiger partial charge in [-0.2, -0.15) is 0 Å². The number of aliphatic hydroxyl groups is 3. The second kappa shape index (κ2) is 19.5. The second-order valence-corrected chi connectivity index (χ2v) is 18.5. The topological polar surface area (TPSA) is 142 Å². The van der Waals surface area contributed by atoms with Gasteiger partial charge in [0, 0.05) is 37.9 Å². The summed E-state index contributed by atoms with van der Waals surface area (Å²) < 4.78 is 5.72. The fraction of sp³-hybridized carbons (Fsp3) is 0.909. The Balaban J connectivity index is 1.35. The molecule has 8 nitrogen and oxygen atoms in total. The number of carbonyl (C=O) groups is 2. The van der Waals surface area contributed by atoms with E-state index in [-0.39, 0.29) is 72.4 Å². The lowest BCUT2D eigenvalue weighted by molar-refractivity contribution is -0.142. The van der Waals surface area contributed by atoms with Crippen molar-refractivity contribution >= 4 is 11.6 Å². The Labute approximate surface area is 314 Å². The fourth-order valence-corrected chi connectivity index (χ4v) is 12.2. The van der Waals surface area contributed by atoms with Crippen LogP contribution >= 0.6 is 0 Å². The first-order valence-corrected chi connectivity index (χ1v) is 21.8. The van der Waals surface area contributed by atoms with Gasteiger partial charge >= 0.3 is 0 Å². The molecule has 6 N–H and O–H groups in total. The van der Waals surface area contributed by atoms with Crippen molar-refractivity contribution in [3.05, 3.63) is 0 Å². The smallest absolute Gasteiger partial charge is 0.173 e. The highest BCUT2D eigenvalue weighted by Crippen LogP contribution is 2.47. The zero-order chi connectivity index (χ0) is 36.6. The summed E-state index contributed by atoms with van der Waals surface area (Å²) in [5.41, 5.74) is 6.39. The summed E-state index contributed by atoms with van der Waals surface area (Å²) in [6.07, 6.45) is 19.4. The lowest BCUT2D eigenvalue weighted by Crippen LogP contribution is -2.45. The quantitative estimate of drug-likeness (QED) is 0.140. The number of aliphatic hydroxyl groups excluding tert-OH is 3. The molecule has 0 aromatic heterocycles. The highest BCUT2D eigenvalue weighted by atomic mass is 16.5. The molecule has 0 radical (unpaired) electrons. The standard InChI is InChI=1S/C44H72N2O6/c1-52-41-25-33-15-17-39(48)44(51)43(50)38-24-35(34(27-47)13-12-28-8-4-2-5-9-28)22-30(20-29-18-19-46-42(45)23-29)21-32(38)14-16-36(37(33)26-40(41)49)31-10-6-3-7-11-31/h28-38,40-42,44,46-47,49,51H,2-13,15,17-27,45H2,1H3. The summed E-state index contributed by atoms with van der Waals surface area (Å²) in [7, 11) is 1.65. The van der Waals surface area contributed by atoms with Crippen molar-refractivity contribution in [2.24, 2.45) is 70.8 Å². The fourth-order valence-electron chi connectivity index (χ4n) is 12.2. The molecule has 0 bridgehead atoms. The van der Waals surface area contributed by atoms with Crippen molar-refractivity contribution in [2.45, 2.75) is 166 Å². The average molecular weight is 725 g/mol. The van der Waals surface area contributed by atoms with E-state index in [9.17, 15) is 24.9 Å². The first kappa shape index (κ1) is 40.3. The zero-order valence-electron chi connectivity index (χ0n) is 32.3. The highest BCUT2D eigenvalue weighted by molar-refractivity contribution is 6.06. The lowest BCUT2D eigenvalue weighted by atomic mass is 9.63. The van der Waals surface area contributed by atoms with Gasteiger partial charge < -0.3 is 31.1 Å². The van der Waals surface area contributed by atoms with Crippen molar-refractivity contribution in [1.29, 1.82) is 0 Å². The van der Waals surface area contributed by atoms with Gasteiger partial charge in [-0.1, -0.05) is 69.6 Å². The minimum atomic E-state index is -1.64. The summed E-state index contributed by atoms with van der Waals surface area (Å²) >= 11 is 0. The number of carbonyl (C=O) groups excluding carboxylic acids is 2. The van der Waals surface area contributed by atoms with E-state index in [1.165, 1.54) is 51.4 Å². The largest absolute Gasteiger partial charge is 0.396 e. The van der Waals surface area contributed by atoms with Gasteiger partial charge in [0.2, 0.25) is 0 Å². The molecule has 0 amide bonds. The Morgan fingerprint density at radius 2 is 1.58 bits per heavy atom. The van der Waals surface area contributed by atoms with Crippen LogP contribution in [0.1, 0.15) is 141 Å². The van der Waals surface area contributed by atoms with Crippen molar-refractivity contribution < 1.29 is 29.6 Å². The molecule has 4 saturated carbocycles. The maximum absolute atomic E-state index is 14.5. The third-order valence-electron chi connectivity index (χ3n) is 15.2. The van der Waals surface area contributed by atoms with Crippen molar-refractivity contribution in [2.75, 3.05) is 20.3 Å². The third-order valence-corrected chi connectivity index (χ3v) is 15.2. The van der Waals surface area contributed by atoms with Crippen LogP contribution in [0.25, 0.3) is 0 Å². The molecule has 0 spiro atoms. The van der Waals surface area contributed by atoms with Crippen LogP contribution in [-0.2, 0) is 14.3 Å². The van der Waals surface area contributed by atoms with Gasteiger partial charge in [-0.3, -0.25) is 9.59 Å². The van der Waals surface area contributed by atoms with E-state index in [0.717, 1.165) is 70.3 Å². The van der Waals surface area contributed by atoms with Crippen molar-refractivity contribution in [3.63, 3.8) is 0 Å². The van der Waals surface area contributed by atoms with Crippen molar-refractivity contribution in [1.82, 2.24) is 5.32 Å². The van der Waals surface area contributed by atoms with Crippen LogP contribution in [0.15, 0.2) is 0 Å². The monoisotopic (exact) mass is 725 g/mol. The van der Waals surface area contributed by atoms with E-state index < -0.39 is 18.1 Å². The van der Waals surface area contributed by atoms with Crippen LogP contribution in [0.2, 0.25) is 0 Å². The molecule has 0 aromatic carbocycles. The number of hydrogen-bond acceptors (Lipinski definition) is 8. The van der Waals surface area contributed by atoms with E-state index in [2.05, 4.69) is 17.2 Å². The number of piperidine rings is 1. The Morgan fingerprint density at radius 3 is 2.29 bits per heavy atom. The molecule has 1 heterocycles. The molecule has 1 saturated heterocycles. The van der Waals surface area contributed by atoms with Crippen LogP contribution in [0.3, 0.4) is 0 Å². The Hall–Kier alpha value is -1.34. The minimum Gasteiger partial charge on any atom is -0.396 e. The predicted octanol–water partition coefficient (Wildman–Crippen LogP) is 6.17. The highest BCUT2D eigenvalue weighted by Gasteiger charge is 2.46. The first-order valence-electron chi connectivity index (χ1n) is 21.8. The molecule has 8 heteroatoms. The molecular formula is C44H72N2O6. The van der Waals surface area contributed by atoms with E-state index >= 15 is 0 Å². The van der Waals surface area contributed by atoms with E-state index in [1.54, 1.807) is 7.11 Å². The van der Waals surface area contributed by atoms with Gasteiger partial charge in [-0.15, -0.1) is 0 Å². The Bertz CT molecular complexity index is 1200. The molecule has 0 aromatic rings. The second-order valence-electron chi connectivity index (χ2n) is 18.5.